The van der Waals surface area contributed by atoms with Crippen molar-refractivity contribution < 1.29 is 204 Å². The van der Waals surface area contributed by atoms with Crippen molar-refractivity contribution in [2.45, 2.75) is 106 Å². The first-order chi connectivity index (χ1) is 62.7. The molecule has 0 spiro atoms. The summed E-state index contributed by atoms with van der Waals surface area (Å²) in [5, 5.41) is 28.0. The van der Waals surface area contributed by atoms with Gasteiger partial charge in [-0.1, -0.05) is 186 Å². The number of nitrogens with one attached hydrogen (secondary N) is 4. The molecule has 4 amide bonds. The molecule has 0 aliphatic carbocycles. The molecule has 11 aromatic rings. The van der Waals surface area contributed by atoms with Crippen LogP contribution in [0.15, 0.2) is 253 Å². The summed E-state index contributed by atoms with van der Waals surface area (Å²) >= 11 is 3.09. The Morgan fingerprint density at radius 3 is 0.898 bits per heavy atom. The van der Waals surface area contributed by atoms with Crippen LogP contribution in [0.2, 0.25) is 0 Å². The van der Waals surface area contributed by atoms with Gasteiger partial charge in [0, 0.05) is 21.2 Å². The van der Waals surface area contributed by atoms with E-state index in [1.165, 1.54) is 85.3 Å². The number of benzene rings is 11. The second kappa shape index (κ2) is 43.2. The number of alkyl halides is 27. The molecule has 7 N–H and O–H groups in total. The van der Waals surface area contributed by atoms with Crippen LogP contribution in [-0.4, -0.2) is 83.6 Å². The zero-order chi connectivity index (χ0) is 102. The van der Waals surface area contributed by atoms with Crippen LogP contribution in [0.5, 0.6) is 28.7 Å². The van der Waals surface area contributed by atoms with Gasteiger partial charge in [-0.3, -0.25) is 28.5 Å². The van der Waals surface area contributed by atoms with Crippen molar-refractivity contribution in [3.63, 3.8) is 0 Å². The number of unbranched alkanes of at least 4 members (excludes halogenated alkanes) is 1. The van der Waals surface area contributed by atoms with E-state index in [9.17, 15) is 148 Å². The van der Waals surface area contributed by atoms with Crippen molar-refractivity contribution in [1.29, 1.82) is 0 Å². The molecule has 48 heteroatoms. The maximum absolute atomic E-state index is 13.6. The number of hydrogen-bond donors (Lipinski definition) is 7. The topological polar surface area (TPSA) is 265 Å². The van der Waals surface area contributed by atoms with Crippen molar-refractivity contribution in [3.05, 3.63) is 344 Å². The fourth-order valence-electron chi connectivity index (χ4n) is 13.2. The van der Waals surface area contributed by atoms with Crippen molar-refractivity contribution in [3.8, 4) is 28.7 Å². The fraction of sp³-hybridized carbons (Fsp3) is 0.191. The van der Waals surface area contributed by atoms with E-state index < -0.39 is 163 Å². The number of carbonyl (C=O) groups excluding carboxylic acids is 5. The Bertz CT molecular complexity index is 6000. The summed E-state index contributed by atoms with van der Waals surface area (Å²) in [6.07, 6.45) is -35.9. The van der Waals surface area contributed by atoms with Crippen molar-refractivity contribution in [2.24, 2.45) is 0 Å². The Hall–Kier alpha value is -13.0. The summed E-state index contributed by atoms with van der Waals surface area (Å²) in [5.41, 5.74) is -15.1. The molecule has 18 nitrogen and oxygen atoms in total. The number of para-hydroxylation sites is 5. The van der Waals surface area contributed by atoms with E-state index in [1.807, 2.05) is 30.5 Å². The summed E-state index contributed by atoms with van der Waals surface area (Å²) in [7, 11) is -5.84. The molecule has 4 aliphatic heterocycles. The van der Waals surface area contributed by atoms with Gasteiger partial charge in [0.2, 0.25) is 11.8 Å². The summed E-state index contributed by atoms with van der Waals surface area (Å²) in [5.74, 6) is -6.10. The number of hydrogen-bond acceptors (Lipinski definition) is 13. The maximum Gasteiger partial charge on any atom is 1.00 e. The van der Waals surface area contributed by atoms with Crippen LogP contribution in [0.1, 0.15) is 108 Å². The number of rotatable bonds is 10. The van der Waals surface area contributed by atoms with Gasteiger partial charge in [-0.05, 0) is 145 Å². The van der Waals surface area contributed by atoms with E-state index in [1.54, 1.807) is 72.8 Å². The average Bonchev–Trinajstić information content (AvgIpc) is 1.56. The van der Waals surface area contributed by atoms with Crippen LogP contribution in [0.3, 0.4) is 0 Å². The molecule has 4 heterocycles. The number of phenolic OH excluding ortho intramolecular Hbond substituents is 1. The fourth-order valence-corrected chi connectivity index (χ4v) is 13.5. The van der Waals surface area contributed by atoms with Crippen LogP contribution < -0.4 is 59.1 Å². The molecule has 137 heavy (non-hydrogen) atoms. The van der Waals surface area contributed by atoms with Gasteiger partial charge in [0.15, 0.2) is 5.60 Å². The number of amides is 4. The molecule has 0 radical (unpaired) electrons. The molecule has 0 saturated heterocycles. The molecule has 726 valence electrons. The first kappa shape index (κ1) is 111. The van der Waals surface area contributed by atoms with Crippen LogP contribution in [-0.2, 0) is 70.4 Å². The smallest absolute Gasteiger partial charge is 0.508 e. The first-order valence-corrected chi connectivity index (χ1v) is 40.1. The van der Waals surface area contributed by atoms with Gasteiger partial charge >= 0.3 is 84.6 Å². The largest absolute Gasteiger partial charge is 1.00 e. The Kier molecular flexibility index (Phi) is 35.0. The summed E-state index contributed by atoms with van der Waals surface area (Å²) < 4.78 is 378. The zero-order valence-corrected chi connectivity index (χ0v) is 72.0. The third-order valence-electron chi connectivity index (χ3n) is 19.1. The maximum atomic E-state index is 13.6. The molecule has 15 rings (SSSR count). The van der Waals surface area contributed by atoms with Crippen LogP contribution in [0.25, 0.3) is 0 Å². The van der Waals surface area contributed by atoms with E-state index in [0.717, 1.165) is 109 Å². The third kappa shape index (κ3) is 27.7. The number of aromatic hydroxyl groups is 1. The van der Waals surface area contributed by atoms with E-state index in [0.29, 0.717) is 21.3 Å². The molecule has 3 unspecified atom stereocenters. The zero-order valence-electron chi connectivity index (χ0n) is 69.6. The Balaban J connectivity index is 0.000000228. The van der Waals surface area contributed by atoms with Gasteiger partial charge in [-0.25, -0.2) is 0 Å². The second-order valence-corrected chi connectivity index (χ2v) is 30.6. The van der Waals surface area contributed by atoms with Crippen molar-refractivity contribution >= 4 is 78.2 Å². The summed E-state index contributed by atoms with van der Waals surface area (Å²) in [4.78, 5) is 60.9. The Morgan fingerprint density at radius 2 is 0.620 bits per heavy atom. The van der Waals surface area contributed by atoms with E-state index in [-0.39, 0.29) is 74.9 Å². The van der Waals surface area contributed by atoms with Gasteiger partial charge in [0.1, 0.15) is 39.6 Å². The van der Waals surface area contributed by atoms with Crippen molar-refractivity contribution in [1.82, 2.24) is 0 Å². The number of aliphatic hydroxyl groups is 1. The van der Waals surface area contributed by atoms with E-state index in [4.69, 9.17) is 18.1 Å². The monoisotopic (exact) mass is 2040 g/mol. The number of ether oxygens (including phenoxy) is 4. The molecule has 11 aromatic carbocycles. The quantitative estimate of drug-likeness (QED) is 0.0168. The summed E-state index contributed by atoms with van der Waals surface area (Å²) in [6.45, 7) is 9.34. The van der Waals surface area contributed by atoms with Gasteiger partial charge in [-0.2, -0.15) is 80.7 Å². The minimum absolute atomic E-state index is 0. The van der Waals surface area contributed by atoms with E-state index in [2.05, 4.69) is 59.4 Å². The van der Waals surface area contributed by atoms with E-state index >= 15 is 0 Å². The number of fused-ring (bicyclic) bond motifs is 4. The minimum atomic E-state index is -5.84. The Morgan fingerprint density at radius 1 is 0.358 bits per heavy atom. The summed E-state index contributed by atoms with van der Waals surface area (Å²) in [6, 6.07) is 53.1. The minimum Gasteiger partial charge on any atom is -0.508 e. The first-order valence-electron chi connectivity index (χ1n) is 37.9. The standard InChI is InChI=1S/2C23H15F6NO2.C16H9F6NO3.C9H4F3NO2.C7H4BrF3O.C6H6O.C4H9.CHF3O3S.Li/c2*1-13-5-7-14(8-6-13)21(15-9-11-16(12-10-15)32-23(27,28)29)17-3-2-4-18(22(24,25)26)19(17)30-20(21)31;17-15(18,19)11-3-1-2-10-12(11)23-13(24)14(10,25)8-4-6-9(7-5-8)26-16(20,21)22;10-9(11,12)5-3-1-2-4-6(5)13-8(15)7(4)14;8-5-1-3-6(4-2-5)12-7(9,10)11;7-6-4-2-1-3-5-6;1-3-4-2;2-1(3,4)8(5,6)7;/h2*2-12H,1H3,(H,30,31);1-7,25H,(H,23,24);1-3H,(H,13,14,15);1-4H;1-5,7H;1,3-4H2,2H3;(H,5,6,7);/q;;;;;;-1;;+1. The molecule has 0 bridgehead atoms. The number of aryl methyl sites for hydroxylation is 2. The molecule has 0 fully saturated rings. The number of Topliss-reactive ketones (excluding diaryl/α,β-unsaturated/α-hetero) is 1. The molecular formula is C89H63BrF27LiN4O14S. The number of halogens is 28. The van der Waals surface area contributed by atoms with Gasteiger partial charge in [0.25, 0.3) is 17.6 Å². The molecular weight excluding hydrogens is 1980 g/mol. The van der Waals surface area contributed by atoms with Crippen LogP contribution in [0, 0.1) is 20.8 Å². The number of anilines is 4. The predicted octanol–water partition coefficient (Wildman–Crippen LogP) is 21.8. The van der Waals surface area contributed by atoms with Gasteiger partial charge < -0.3 is 57.4 Å². The Labute approximate surface area is 777 Å². The molecule has 0 saturated carbocycles. The second-order valence-electron chi connectivity index (χ2n) is 28.3. The average molecular weight is 2040 g/mol. The predicted molar refractivity (Wildman–Crippen MR) is 436 cm³/mol. The number of phenols is 1. The number of carbonyl (C=O) groups is 5. The van der Waals surface area contributed by atoms with Gasteiger partial charge in [0.05, 0.1) is 50.6 Å². The SMILES string of the molecule is Cc1ccc(C2(c3ccc(OC(F)(F)F)cc3)C(=O)Nc3c(C(F)(F)F)cccc32)cc1.Cc1ccc(C2(c3ccc(OC(F)(F)F)cc3)C(=O)Nc3c(C(F)(F)F)cccc32)cc1.FC(F)(F)Oc1ccc(Br)cc1.O=C1Nc2c(C(F)(F)F)cccc2C1(O)c1ccc(OC(F)(F)F)cc1.O=C1Nc2c(cccc2C(F)(F)F)C1=O.O=S(=O)(O)C(F)(F)F.Oc1ccccc1.[CH2-]CCC.[Li+]. The molecule has 4 aliphatic rings. The van der Waals surface area contributed by atoms with Crippen LogP contribution in [0.4, 0.5) is 141 Å². The van der Waals surface area contributed by atoms with Crippen LogP contribution >= 0.6 is 15.9 Å². The van der Waals surface area contributed by atoms with Crippen molar-refractivity contribution in [2.75, 3.05) is 21.3 Å². The van der Waals surface area contributed by atoms with Gasteiger partial charge in [-0.15, -0.1) is 52.7 Å². The normalized spacial score (nSPS) is 16.4. The molecule has 0 aromatic heterocycles. The molecule has 3 atom stereocenters. The number of ketones is 1. The third-order valence-corrected chi connectivity index (χ3v) is 20.2.